The molecule has 2 saturated carbocycles. The van der Waals surface area contributed by atoms with Crippen LogP contribution in [0.4, 0.5) is 4.39 Å². The summed E-state index contributed by atoms with van der Waals surface area (Å²) in [5.74, 6) is 1.30. The highest BCUT2D eigenvalue weighted by atomic mass is 35.5. The number of hydrogen-bond acceptors (Lipinski definition) is 1. The SMILES string of the molecule is NC1(c2ccc(Cl)cc2F)CCCC(C2CC2)C1. The number of halogens is 2. The molecule has 2 N–H and O–H groups in total. The van der Waals surface area contributed by atoms with Gasteiger partial charge >= 0.3 is 0 Å². The standard InChI is InChI=1S/C15H19ClFN/c16-12-5-6-13(14(17)8-12)15(18)7-1-2-11(9-15)10-3-4-10/h5-6,8,10-11H,1-4,7,9,18H2. The van der Waals surface area contributed by atoms with Crippen LogP contribution in [0.15, 0.2) is 18.2 Å². The largest absolute Gasteiger partial charge is 0.321 e. The van der Waals surface area contributed by atoms with Gasteiger partial charge in [0.1, 0.15) is 5.82 Å². The zero-order chi connectivity index (χ0) is 12.8. The van der Waals surface area contributed by atoms with E-state index in [-0.39, 0.29) is 5.82 Å². The third kappa shape index (κ3) is 2.28. The van der Waals surface area contributed by atoms with Crippen molar-refractivity contribution in [3.8, 4) is 0 Å². The van der Waals surface area contributed by atoms with Crippen molar-refractivity contribution in [1.29, 1.82) is 0 Å². The Morgan fingerprint density at radius 3 is 2.67 bits per heavy atom. The van der Waals surface area contributed by atoms with E-state index in [1.807, 2.05) is 0 Å². The van der Waals surface area contributed by atoms with Gasteiger partial charge in [-0.25, -0.2) is 4.39 Å². The van der Waals surface area contributed by atoms with E-state index in [2.05, 4.69) is 0 Å². The van der Waals surface area contributed by atoms with Gasteiger partial charge in [-0.1, -0.05) is 30.5 Å². The summed E-state index contributed by atoms with van der Waals surface area (Å²) in [4.78, 5) is 0. The minimum Gasteiger partial charge on any atom is -0.321 e. The van der Waals surface area contributed by atoms with Gasteiger partial charge in [-0.3, -0.25) is 0 Å². The third-order valence-electron chi connectivity index (χ3n) is 4.58. The zero-order valence-corrected chi connectivity index (χ0v) is 11.2. The third-order valence-corrected chi connectivity index (χ3v) is 4.82. The molecule has 18 heavy (non-hydrogen) atoms. The van der Waals surface area contributed by atoms with Crippen LogP contribution in [0.5, 0.6) is 0 Å². The first kappa shape index (κ1) is 12.4. The fraction of sp³-hybridized carbons (Fsp3) is 0.600. The van der Waals surface area contributed by atoms with Crippen LogP contribution in [0.3, 0.4) is 0 Å². The molecule has 1 aromatic carbocycles. The Hall–Kier alpha value is -0.600. The average molecular weight is 268 g/mol. The molecule has 2 aliphatic rings. The molecule has 0 saturated heterocycles. The Kier molecular flexibility index (Phi) is 3.11. The molecule has 3 rings (SSSR count). The lowest BCUT2D eigenvalue weighted by atomic mass is 9.71. The lowest BCUT2D eigenvalue weighted by Gasteiger charge is -2.39. The van der Waals surface area contributed by atoms with Gasteiger partial charge in [0, 0.05) is 16.1 Å². The van der Waals surface area contributed by atoms with E-state index in [4.69, 9.17) is 17.3 Å². The molecule has 98 valence electrons. The predicted molar refractivity (Wildman–Crippen MR) is 72.0 cm³/mol. The molecule has 0 aliphatic heterocycles. The van der Waals surface area contributed by atoms with Crippen LogP contribution in [0.25, 0.3) is 0 Å². The fourth-order valence-corrected chi connectivity index (χ4v) is 3.62. The first-order valence-electron chi connectivity index (χ1n) is 6.83. The van der Waals surface area contributed by atoms with Crippen LogP contribution in [0.2, 0.25) is 5.02 Å². The molecule has 0 bridgehead atoms. The number of hydrogen-bond donors (Lipinski definition) is 1. The van der Waals surface area contributed by atoms with Gasteiger partial charge in [0.2, 0.25) is 0 Å². The second kappa shape index (κ2) is 4.50. The van der Waals surface area contributed by atoms with Gasteiger partial charge in [-0.05, 0) is 49.7 Å². The Balaban J connectivity index is 1.87. The Labute approximate surface area is 113 Å². The summed E-state index contributed by atoms with van der Waals surface area (Å²) >= 11 is 5.81. The first-order chi connectivity index (χ1) is 8.58. The molecule has 0 amide bonds. The lowest BCUT2D eigenvalue weighted by Crippen LogP contribution is -2.42. The van der Waals surface area contributed by atoms with Crippen molar-refractivity contribution in [2.45, 2.75) is 44.1 Å². The van der Waals surface area contributed by atoms with E-state index in [1.165, 1.54) is 25.3 Å². The molecule has 2 atom stereocenters. The second-order valence-electron chi connectivity index (χ2n) is 5.97. The van der Waals surface area contributed by atoms with Crippen LogP contribution in [0, 0.1) is 17.7 Å². The number of benzene rings is 1. The maximum Gasteiger partial charge on any atom is 0.129 e. The van der Waals surface area contributed by atoms with Crippen molar-refractivity contribution in [3.05, 3.63) is 34.6 Å². The van der Waals surface area contributed by atoms with E-state index < -0.39 is 5.54 Å². The maximum atomic E-state index is 14.1. The van der Waals surface area contributed by atoms with Gasteiger partial charge in [0.15, 0.2) is 0 Å². The predicted octanol–water partition coefficient (Wildman–Crippen LogP) is 4.23. The highest BCUT2D eigenvalue weighted by molar-refractivity contribution is 6.30. The molecule has 0 spiro atoms. The van der Waals surface area contributed by atoms with E-state index in [0.29, 0.717) is 16.5 Å². The molecule has 1 aromatic rings. The summed E-state index contributed by atoms with van der Waals surface area (Å²) in [6, 6.07) is 4.90. The molecular weight excluding hydrogens is 249 g/mol. The normalized spacial score (nSPS) is 32.5. The molecule has 0 heterocycles. The van der Waals surface area contributed by atoms with E-state index in [1.54, 1.807) is 12.1 Å². The second-order valence-corrected chi connectivity index (χ2v) is 6.41. The van der Waals surface area contributed by atoms with Crippen molar-refractivity contribution in [2.75, 3.05) is 0 Å². The molecule has 3 heteroatoms. The summed E-state index contributed by atoms with van der Waals surface area (Å²) in [5.41, 5.74) is 6.67. The highest BCUT2D eigenvalue weighted by Crippen LogP contribution is 2.48. The smallest absolute Gasteiger partial charge is 0.129 e. The lowest BCUT2D eigenvalue weighted by molar-refractivity contribution is 0.202. The van der Waals surface area contributed by atoms with E-state index >= 15 is 0 Å². The topological polar surface area (TPSA) is 26.0 Å². The number of nitrogens with two attached hydrogens (primary N) is 1. The summed E-state index contributed by atoms with van der Waals surface area (Å²) < 4.78 is 14.1. The van der Waals surface area contributed by atoms with Gasteiger partial charge in [0.25, 0.3) is 0 Å². The van der Waals surface area contributed by atoms with Crippen LogP contribution in [-0.2, 0) is 5.54 Å². The molecule has 2 unspecified atom stereocenters. The monoisotopic (exact) mass is 267 g/mol. The van der Waals surface area contributed by atoms with Crippen molar-refractivity contribution >= 4 is 11.6 Å². The van der Waals surface area contributed by atoms with Crippen LogP contribution >= 0.6 is 11.6 Å². The van der Waals surface area contributed by atoms with Crippen LogP contribution in [-0.4, -0.2) is 0 Å². The minimum atomic E-state index is -0.486. The molecule has 2 fully saturated rings. The van der Waals surface area contributed by atoms with Crippen molar-refractivity contribution in [1.82, 2.24) is 0 Å². The van der Waals surface area contributed by atoms with Crippen LogP contribution in [0.1, 0.15) is 44.1 Å². The van der Waals surface area contributed by atoms with Gasteiger partial charge in [0.05, 0.1) is 0 Å². The van der Waals surface area contributed by atoms with E-state index in [0.717, 1.165) is 25.2 Å². The summed E-state index contributed by atoms with van der Waals surface area (Å²) in [7, 11) is 0. The van der Waals surface area contributed by atoms with Crippen molar-refractivity contribution in [3.63, 3.8) is 0 Å². The van der Waals surface area contributed by atoms with Crippen LogP contribution < -0.4 is 5.73 Å². The average Bonchev–Trinajstić information content (AvgIpc) is 3.12. The molecule has 0 aromatic heterocycles. The van der Waals surface area contributed by atoms with E-state index in [9.17, 15) is 4.39 Å². The minimum absolute atomic E-state index is 0.249. The highest BCUT2D eigenvalue weighted by Gasteiger charge is 2.41. The quantitative estimate of drug-likeness (QED) is 0.852. The Morgan fingerprint density at radius 1 is 1.22 bits per heavy atom. The van der Waals surface area contributed by atoms with Gasteiger partial charge < -0.3 is 5.73 Å². The molecule has 1 nitrogen and oxygen atoms in total. The summed E-state index contributed by atoms with van der Waals surface area (Å²) in [6.07, 6.45) is 6.86. The summed E-state index contributed by atoms with van der Waals surface area (Å²) in [5, 5.41) is 0.439. The Morgan fingerprint density at radius 2 is 2.00 bits per heavy atom. The van der Waals surface area contributed by atoms with Crippen molar-refractivity contribution in [2.24, 2.45) is 17.6 Å². The Bertz CT molecular complexity index is 458. The van der Waals surface area contributed by atoms with Gasteiger partial charge in [-0.2, -0.15) is 0 Å². The zero-order valence-electron chi connectivity index (χ0n) is 10.5. The maximum absolute atomic E-state index is 14.1. The molecule has 0 radical (unpaired) electrons. The number of rotatable bonds is 2. The molecule has 2 aliphatic carbocycles. The molecular formula is C15H19ClFN. The van der Waals surface area contributed by atoms with Crippen molar-refractivity contribution < 1.29 is 4.39 Å². The fourth-order valence-electron chi connectivity index (χ4n) is 3.46. The van der Waals surface area contributed by atoms with Gasteiger partial charge in [-0.15, -0.1) is 0 Å². The summed E-state index contributed by atoms with van der Waals surface area (Å²) in [6.45, 7) is 0. The first-order valence-corrected chi connectivity index (χ1v) is 7.21.